The number of aromatic nitrogens is 2. The number of pyridine rings is 1. The van der Waals surface area contributed by atoms with E-state index in [0.29, 0.717) is 16.6 Å². The van der Waals surface area contributed by atoms with Crippen molar-refractivity contribution in [2.45, 2.75) is 20.0 Å². The molecular formula is C30H22F3N3O4. The van der Waals surface area contributed by atoms with E-state index in [1.807, 2.05) is 19.9 Å². The summed E-state index contributed by atoms with van der Waals surface area (Å²) in [7, 11) is 0. The van der Waals surface area contributed by atoms with E-state index in [1.165, 1.54) is 47.3 Å². The van der Waals surface area contributed by atoms with Crippen molar-refractivity contribution in [1.29, 1.82) is 0 Å². The first-order valence-electron chi connectivity index (χ1n) is 12.0. The number of carboxylic acid groups (broad SMARTS) is 1. The van der Waals surface area contributed by atoms with E-state index in [2.05, 4.69) is 9.98 Å². The van der Waals surface area contributed by atoms with Gasteiger partial charge >= 0.3 is 12.1 Å². The number of aliphatic imine (C=N–C) groups is 1. The van der Waals surface area contributed by atoms with Gasteiger partial charge in [-0.25, -0.2) is 14.8 Å². The van der Waals surface area contributed by atoms with Crippen LogP contribution in [0.2, 0.25) is 0 Å². The van der Waals surface area contributed by atoms with Crippen LogP contribution in [0.4, 0.5) is 19.0 Å². The van der Waals surface area contributed by atoms with Crippen molar-refractivity contribution in [3.8, 4) is 28.4 Å². The van der Waals surface area contributed by atoms with Crippen molar-refractivity contribution in [2.24, 2.45) is 4.99 Å². The molecule has 0 atom stereocenters. The predicted octanol–water partition coefficient (Wildman–Crippen LogP) is 7.19. The molecule has 0 aliphatic carbocycles. The fraction of sp³-hybridized carbons (Fsp3) is 0.100. The molecule has 0 amide bonds. The molecule has 0 unspecified atom stereocenters. The van der Waals surface area contributed by atoms with Crippen molar-refractivity contribution >= 4 is 28.9 Å². The molecule has 0 saturated heterocycles. The zero-order valence-electron chi connectivity index (χ0n) is 21.2. The number of nitrogens with zero attached hydrogens (tertiary/aromatic N) is 3. The lowest BCUT2D eigenvalue weighted by molar-refractivity contribution is -0.137. The van der Waals surface area contributed by atoms with Crippen molar-refractivity contribution in [3.05, 3.63) is 101 Å². The molecule has 3 aromatic carbocycles. The normalized spacial score (nSPS) is 11.9. The van der Waals surface area contributed by atoms with Crippen LogP contribution < -0.4 is 0 Å². The Bertz CT molecular complexity index is 1800. The van der Waals surface area contributed by atoms with Gasteiger partial charge in [-0.3, -0.25) is 4.57 Å². The Labute approximate surface area is 226 Å². The van der Waals surface area contributed by atoms with Crippen LogP contribution in [0.15, 0.2) is 77.9 Å². The third-order valence-corrected chi connectivity index (χ3v) is 6.41. The molecule has 5 rings (SSSR count). The number of rotatable bonds is 5. The minimum absolute atomic E-state index is 0.0288. The Balaban J connectivity index is 1.66. The zero-order chi connectivity index (χ0) is 28.8. The van der Waals surface area contributed by atoms with E-state index >= 15 is 0 Å². The molecule has 0 fully saturated rings. The first-order chi connectivity index (χ1) is 18.9. The summed E-state index contributed by atoms with van der Waals surface area (Å²) >= 11 is 0. The lowest BCUT2D eigenvalue weighted by atomic mass is 10.0. The molecule has 10 heteroatoms. The summed E-state index contributed by atoms with van der Waals surface area (Å²) in [5.74, 6) is -1.93. The van der Waals surface area contributed by atoms with Crippen LogP contribution in [0.3, 0.4) is 0 Å². The summed E-state index contributed by atoms with van der Waals surface area (Å²) in [6, 6.07) is 16.0. The van der Waals surface area contributed by atoms with Crippen LogP contribution in [0.25, 0.3) is 27.7 Å². The van der Waals surface area contributed by atoms with E-state index < -0.39 is 17.7 Å². The molecule has 0 radical (unpaired) electrons. The van der Waals surface area contributed by atoms with Crippen LogP contribution in [0.5, 0.6) is 11.6 Å². The van der Waals surface area contributed by atoms with Crippen LogP contribution in [-0.2, 0) is 6.18 Å². The van der Waals surface area contributed by atoms with E-state index in [4.69, 9.17) is 0 Å². The Morgan fingerprint density at radius 1 is 0.975 bits per heavy atom. The Kier molecular flexibility index (Phi) is 6.54. The third-order valence-electron chi connectivity index (χ3n) is 6.41. The fourth-order valence-corrected chi connectivity index (χ4v) is 4.66. The van der Waals surface area contributed by atoms with Crippen LogP contribution in [0, 0.1) is 13.8 Å². The lowest BCUT2D eigenvalue weighted by Crippen LogP contribution is -2.05. The molecule has 2 heterocycles. The average molecular weight is 546 g/mol. The quantitative estimate of drug-likeness (QED) is 0.203. The average Bonchev–Trinajstić information content (AvgIpc) is 3.17. The highest BCUT2D eigenvalue weighted by molar-refractivity contribution is 6.04. The molecule has 0 saturated carbocycles. The molecule has 0 aliphatic heterocycles. The number of carbonyl (C=O) groups is 1. The van der Waals surface area contributed by atoms with E-state index in [9.17, 15) is 33.3 Å². The van der Waals surface area contributed by atoms with Gasteiger partial charge in [0.05, 0.1) is 22.2 Å². The monoisotopic (exact) mass is 545 g/mol. The number of carboxylic acids is 1. The zero-order valence-corrected chi connectivity index (χ0v) is 21.2. The molecule has 2 aromatic heterocycles. The first-order valence-corrected chi connectivity index (χ1v) is 12.0. The molecule has 0 aliphatic rings. The van der Waals surface area contributed by atoms with Gasteiger partial charge in [0.25, 0.3) is 0 Å². The van der Waals surface area contributed by atoms with Crippen molar-refractivity contribution in [1.82, 2.24) is 9.55 Å². The Morgan fingerprint density at radius 2 is 1.70 bits per heavy atom. The third kappa shape index (κ3) is 4.86. The SMILES string of the molecule is Cc1cc(C)cc(-n2c(O)c(C=Nc3nccc(-c4cccc(C(=O)O)c4)c3O)c3ccc(C(F)(F)F)cc32)c1. The fourth-order valence-electron chi connectivity index (χ4n) is 4.66. The number of aryl methyl sites for hydroxylation is 2. The van der Waals surface area contributed by atoms with Gasteiger partial charge in [0, 0.05) is 29.0 Å². The summed E-state index contributed by atoms with van der Waals surface area (Å²) in [5, 5.41) is 31.7. The lowest BCUT2D eigenvalue weighted by Gasteiger charge is -2.11. The summed E-state index contributed by atoms with van der Waals surface area (Å²) < 4.78 is 42.1. The molecular weight excluding hydrogens is 523 g/mol. The number of hydrogen-bond donors (Lipinski definition) is 3. The highest BCUT2D eigenvalue weighted by atomic mass is 19.4. The second-order valence-electron chi connectivity index (χ2n) is 9.32. The molecule has 7 nitrogen and oxygen atoms in total. The molecule has 0 bridgehead atoms. The maximum Gasteiger partial charge on any atom is 0.416 e. The van der Waals surface area contributed by atoms with E-state index in [0.717, 1.165) is 23.3 Å². The molecule has 3 N–H and O–H groups in total. The van der Waals surface area contributed by atoms with Crippen LogP contribution in [0.1, 0.15) is 32.6 Å². The van der Waals surface area contributed by atoms with Crippen LogP contribution >= 0.6 is 0 Å². The van der Waals surface area contributed by atoms with Gasteiger partial charge in [-0.15, -0.1) is 0 Å². The maximum atomic E-state index is 13.6. The van der Waals surface area contributed by atoms with Gasteiger partial charge in [-0.2, -0.15) is 13.2 Å². The van der Waals surface area contributed by atoms with E-state index in [-0.39, 0.29) is 39.7 Å². The van der Waals surface area contributed by atoms with Gasteiger partial charge < -0.3 is 15.3 Å². The number of fused-ring (bicyclic) bond motifs is 1. The largest absolute Gasteiger partial charge is 0.504 e. The molecule has 5 aromatic rings. The summed E-state index contributed by atoms with van der Waals surface area (Å²) in [5.41, 5.74) is 2.29. The van der Waals surface area contributed by atoms with Gasteiger partial charge in [0.2, 0.25) is 5.88 Å². The van der Waals surface area contributed by atoms with Gasteiger partial charge in [0.1, 0.15) is 0 Å². The number of aromatic hydroxyl groups is 2. The second-order valence-corrected chi connectivity index (χ2v) is 9.32. The van der Waals surface area contributed by atoms with Gasteiger partial charge in [-0.05, 0) is 73.0 Å². The van der Waals surface area contributed by atoms with Gasteiger partial charge in [0.15, 0.2) is 11.6 Å². The van der Waals surface area contributed by atoms with Crippen LogP contribution in [-0.4, -0.2) is 37.1 Å². The minimum Gasteiger partial charge on any atom is -0.504 e. The van der Waals surface area contributed by atoms with Crippen molar-refractivity contribution < 1.29 is 33.3 Å². The maximum absolute atomic E-state index is 13.6. The summed E-state index contributed by atoms with van der Waals surface area (Å²) in [4.78, 5) is 19.7. The van der Waals surface area contributed by atoms with E-state index in [1.54, 1.807) is 18.2 Å². The Morgan fingerprint density at radius 3 is 2.38 bits per heavy atom. The number of halogens is 3. The molecule has 40 heavy (non-hydrogen) atoms. The highest BCUT2D eigenvalue weighted by Gasteiger charge is 2.32. The highest BCUT2D eigenvalue weighted by Crippen LogP contribution is 2.39. The predicted molar refractivity (Wildman–Crippen MR) is 145 cm³/mol. The molecule has 202 valence electrons. The topological polar surface area (TPSA) is 108 Å². The van der Waals surface area contributed by atoms with Crippen molar-refractivity contribution in [2.75, 3.05) is 0 Å². The minimum atomic E-state index is -4.59. The van der Waals surface area contributed by atoms with Crippen molar-refractivity contribution in [3.63, 3.8) is 0 Å². The Hall–Kier alpha value is -5.12. The van der Waals surface area contributed by atoms with Gasteiger partial charge in [-0.1, -0.05) is 24.3 Å². The number of aromatic carboxylic acids is 1. The summed E-state index contributed by atoms with van der Waals surface area (Å²) in [6.45, 7) is 3.69. The standard InChI is InChI=1S/C30H22F3N3O4/c1-16-10-17(2)12-21(11-16)36-25-14-20(30(31,32)33)6-7-23(25)24(28(36)38)15-35-27-26(37)22(8-9-34-27)18-4-3-5-19(13-18)29(39)40/h3-15,37-38H,1-2H3,(H,39,40). The number of benzene rings is 3. The number of alkyl halides is 3. The number of hydrogen-bond acceptors (Lipinski definition) is 5. The summed E-state index contributed by atoms with van der Waals surface area (Å²) in [6.07, 6.45) is -1.99. The second kappa shape index (κ2) is 9.88. The smallest absolute Gasteiger partial charge is 0.416 e. The first kappa shape index (κ1) is 26.5. The molecule has 0 spiro atoms.